The molecule has 12 heavy (non-hydrogen) atoms. The van der Waals surface area contributed by atoms with E-state index in [1.165, 1.54) is 11.1 Å². The van der Waals surface area contributed by atoms with E-state index in [1.54, 1.807) is 0 Å². The second kappa shape index (κ2) is 3.85. The molecule has 2 heteroatoms. The second-order valence-corrected chi connectivity index (χ2v) is 3.87. The SMILES string of the molecule is CC(C)=Cc1c(Br)ccnc1C. The first-order valence-electron chi connectivity index (χ1n) is 3.87. The van der Waals surface area contributed by atoms with Crippen LogP contribution in [0, 0.1) is 6.92 Å². The van der Waals surface area contributed by atoms with Crippen molar-refractivity contribution in [3.05, 3.63) is 33.6 Å². The predicted molar refractivity (Wildman–Crippen MR) is 56.0 cm³/mol. The fourth-order valence-electron chi connectivity index (χ4n) is 1.01. The molecule has 0 aliphatic rings. The Morgan fingerprint density at radius 3 is 2.67 bits per heavy atom. The molecule has 0 saturated heterocycles. The van der Waals surface area contributed by atoms with E-state index < -0.39 is 0 Å². The zero-order chi connectivity index (χ0) is 9.14. The summed E-state index contributed by atoms with van der Waals surface area (Å²) in [6.07, 6.45) is 3.94. The van der Waals surface area contributed by atoms with Crippen molar-refractivity contribution in [2.45, 2.75) is 20.8 Å². The number of hydrogen-bond donors (Lipinski definition) is 0. The average Bonchev–Trinajstić information content (AvgIpc) is 1.97. The summed E-state index contributed by atoms with van der Waals surface area (Å²) in [6.45, 7) is 6.18. The van der Waals surface area contributed by atoms with Crippen molar-refractivity contribution in [2.24, 2.45) is 0 Å². The minimum atomic E-state index is 1.06. The van der Waals surface area contributed by atoms with Crippen molar-refractivity contribution in [1.29, 1.82) is 0 Å². The lowest BCUT2D eigenvalue weighted by Crippen LogP contribution is -1.87. The van der Waals surface area contributed by atoms with Crippen molar-refractivity contribution in [1.82, 2.24) is 4.98 Å². The Bertz CT molecular complexity index is 291. The summed E-state index contributed by atoms with van der Waals surface area (Å²) >= 11 is 3.49. The molecule has 0 aliphatic carbocycles. The zero-order valence-electron chi connectivity index (χ0n) is 7.56. The van der Waals surface area contributed by atoms with Gasteiger partial charge in [-0.15, -0.1) is 0 Å². The monoisotopic (exact) mass is 225 g/mol. The Morgan fingerprint density at radius 1 is 1.50 bits per heavy atom. The van der Waals surface area contributed by atoms with Gasteiger partial charge in [-0.25, -0.2) is 0 Å². The van der Waals surface area contributed by atoms with E-state index in [-0.39, 0.29) is 0 Å². The summed E-state index contributed by atoms with van der Waals surface area (Å²) in [7, 11) is 0. The van der Waals surface area contributed by atoms with Crippen LogP contribution in [-0.4, -0.2) is 4.98 Å². The average molecular weight is 226 g/mol. The molecule has 1 nitrogen and oxygen atoms in total. The van der Waals surface area contributed by atoms with Crippen LogP contribution in [0.25, 0.3) is 6.08 Å². The van der Waals surface area contributed by atoms with E-state index in [4.69, 9.17) is 0 Å². The number of hydrogen-bond acceptors (Lipinski definition) is 1. The van der Waals surface area contributed by atoms with E-state index in [9.17, 15) is 0 Å². The van der Waals surface area contributed by atoms with E-state index >= 15 is 0 Å². The van der Waals surface area contributed by atoms with Crippen LogP contribution in [0.5, 0.6) is 0 Å². The van der Waals surface area contributed by atoms with Crippen molar-refractivity contribution in [3.8, 4) is 0 Å². The molecule has 0 bridgehead atoms. The summed E-state index contributed by atoms with van der Waals surface area (Å²) < 4.78 is 1.11. The molecule has 0 aromatic carbocycles. The van der Waals surface area contributed by atoms with E-state index in [0.29, 0.717) is 0 Å². The van der Waals surface area contributed by atoms with Crippen LogP contribution in [0.3, 0.4) is 0 Å². The molecule has 1 heterocycles. The highest BCUT2D eigenvalue weighted by Crippen LogP contribution is 2.20. The summed E-state index contributed by atoms with van der Waals surface area (Å²) in [5.41, 5.74) is 3.52. The lowest BCUT2D eigenvalue weighted by atomic mass is 10.1. The maximum absolute atomic E-state index is 4.22. The molecule has 1 aromatic heterocycles. The van der Waals surface area contributed by atoms with Gasteiger partial charge in [0.15, 0.2) is 0 Å². The highest BCUT2D eigenvalue weighted by molar-refractivity contribution is 9.10. The van der Waals surface area contributed by atoms with Crippen molar-refractivity contribution in [3.63, 3.8) is 0 Å². The lowest BCUT2D eigenvalue weighted by Gasteiger charge is -2.02. The largest absolute Gasteiger partial charge is 0.261 e. The van der Waals surface area contributed by atoms with Crippen molar-refractivity contribution in [2.75, 3.05) is 0 Å². The van der Waals surface area contributed by atoms with Crippen LogP contribution < -0.4 is 0 Å². The van der Waals surface area contributed by atoms with Gasteiger partial charge in [0.05, 0.1) is 0 Å². The van der Waals surface area contributed by atoms with Crippen molar-refractivity contribution < 1.29 is 0 Å². The molecular formula is C10H12BrN. The maximum atomic E-state index is 4.22. The molecule has 64 valence electrons. The number of nitrogens with zero attached hydrogens (tertiary/aromatic N) is 1. The third-order valence-electron chi connectivity index (χ3n) is 1.57. The van der Waals surface area contributed by atoms with Crippen LogP contribution in [0.4, 0.5) is 0 Å². The third kappa shape index (κ3) is 2.18. The third-order valence-corrected chi connectivity index (χ3v) is 2.26. The van der Waals surface area contributed by atoms with Crippen LogP contribution in [0.1, 0.15) is 25.1 Å². The smallest absolute Gasteiger partial charge is 0.0456 e. The molecule has 0 amide bonds. The van der Waals surface area contributed by atoms with Gasteiger partial charge in [-0.2, -0.15) is 0 Å². The molecular weight excluding hydrogens is 214 g/mol. The number of allylic oxidation sites excluding steroid dienone is 1. The minimum Gasteiger partial charge on any atom is -0.261 e. The first-order chi connectivity index (χ1) is 5.61. The summed E-state index contributed by atoms with van der Waals surface area (Å²) in [4.78, 5) is 4.22. The Morgan fingerprint density at radius 2 is 2.17 bits per heavy atom. The van der Waals surface area contributed by atoms with E-state index in [2.05, 4.69) is 40.8 Å². The summed E-state index contributed by atoms with van der Waals surface area (Å²) in [5, 5.41) is 0. The topological polar surface area (TPSA) is 12.9 Å². The predicted octanol–water partition coefficient (Wildman–Crippen LogP) is 3.58. The van der Waals surface area contributed by atoms with Gasteiger partial charge >= 0.3 is 0 Å². The van der Waals surface area contributed by atoms with E-state index in [1.807, 2.05) is 19.2 Å². The van der Waals surface area contributed by atoms with Crippen molar-refractivity contribution >= 4 is 22.0 Å². The van der Waals surface area contributed by atoms with Gasteiger partial charge in [-0.3, -0.25) is 4.98 Å². The quantitative estimate of drug-likeness (QED) is 0.713. The van der Waals surface area contributed by atoms with Crippen LogP contribution in [-0.2, 0) is 0 Å². The summed E-state index contributed by atoms with van der Waals surface area (Å²) in [6, 6.07) is 1.96. The van der Waals surface area contributed by atoms with Gasteiger partial charge in [0.1, 0.15) is 0 Å². The Hall–Kier alpha value is -0.630. The Balaban J connectivity index is 3.22. The highest BCUT2D eigenvalue weighted by atomic mass is 79.9. The second-order valence-electron chi connectivity index (χ2n) is 3.01. The highest BCUT2D eigenvalue weighted by Gasteiger charge is 1.99. The Kier molecular flexibility index (Phi) is 3.04. The number of halogens is 1. The maximum Gasteiger partial charge on any atom is 0.0456 e. The number of aryl methyl sites for hydroxylation is 1. The van der Waals surface area contributed by atoms with Gasteiger partial charge in [0.2, 0.25) is 0 Å². The zero-order valence-corrected chi connectivity index (χ0v) is 9.14. The molecule has 1 aromatic rings. The fourth-order valence-corrected chi connectivity index (χ4v) is 1.53. The first-order valence-corrected chi connectivity index (χ1v) is 4.66. The first kappa shape index (κ1) is 9.46. The van der Waals surface area contributed by atoms with E-state index in [0.717, 1.165) is 10.2 Å². The van der Waals surface area contributed by atoms with Gasteiger partial charge in [-0.1, -0.05) is 27.6 Å². The van der Waals surface area contributed by atoms with Gasteiger partial charge in [0, 0.05) is 21.9 Å². The van der Waals surface area contributed by atoms with Crippen LogP contribution >= 0.6 is 15.9 Å². The molecule has 0 spiro atoms. The molecule has 1 rings (SSSR count). The lowest BCUT2D eigenvalue weighted by molar-refractivity contribution is 1.18. The number of rotatable bonds is 1. The summed E-state index contributed by atoms with van der Waals surface area (Å²) in [5.74, 6) is 0. The molecule has 0 saturated carbocycles. The van der Waals surface area contributed by atoms with Crippen LogP contribution in [0.2, 0.25) is 0 Å². The Labute approximate surface area is 81.7 Å². The molecule has 0 fully saturated rings. The van der Waals surface area contributed by atoms with Crippen LogP contribution in [0.15, 0.2) is 22.3 Å². The van der Waals surface area contributed by atoms with Gasteiger partial charge < -0.3 is 0 Å². The molecule has 0 radical (unpaired) electrons. The molecule has 0 atom stereocenters. The standard InChI is InChI=1S/C10H12BrN/c1-7(2)6-9-8(3)12-5-4-10(9)11/h4-6H,1-3H3. The molecule has 0 aliphatic heterocycles. The molecule has 0 unspecified atom stereocenters. The number of pyridine rings is 1. The minimum absolute atomic E-state index is 1.06. The van der Waals surface area contributed by atoms with Gasteiger partial charge in [0.25, 0.3) is 0 Å². The number of aromatic nitrogens is 1. The van der Waals surface area contributed by atoms with Gasteiger partial charge in [-0.05, 0) is 26.8 Å². The fraction of sp³-hybridized carbons (Fsp3) is 0.300. The normalized spacial score (nSPS) is 9.67. The molecule has 0 N–H and O–H groups in total.